The Morgan fingerprint density at radius 2 is 1.86 bits per heavy atom. The Morgan fingerprint density at radius 3 is 2.50 bits per heavy atom. The third-order valence-electron chi connectivity index (χ3n) is 4.52. The van der Waals surface area contributed by atoms with Crippen LogP contribution in [0.1, 0.15) is 45.5 Å². The van der Waals surface area contributed by atoms with Crippen molar-refractivity contribution in [1.82, 2.24) is 15.5 Å². The Bertz CT molecular complexity index is 1010. The zero-order chi connectivity index (χ0) is 20.3. The number of carbonyl (C=O) groups excluding carboxylic acids is 1. The third-order valence-corrected chi connectivity index (χ3v) is 4.52. The van der Waals surface area contributed by atoms with E-state index in [9.17, 15) is 14.7 Å². The predicted molar refractivity (Wildman–Crippen MR) is 103 cm³/mol. The maximum Gasteiger partial charge on any atom is 0.305 e. The number of aryl methyl sites for hydroxylation is 3. The lowest BCUT2D eigenvalue weighted by Gasteiger charge is -2.19. The van der Waals surface area contributed by atoms with E-state index in [1.54, 1.807) is 32.0 Å². The van der Waals surface area contributed by atoms with E-state index in [-0.39, 0.29) is 12.1 Å². The van der Waals surface area contributed by atoms with Gasteiger partial charge in [-0.1, -0.05) is 35.5 Å². The van der Waals surface area contributed by atoms with Crippen molar-refractivity contribution >= 4 is 11.9 Å². The topological polar surface area (TPSA) is 105 Å². The molecule has 0 bridgehead atoms. The molecule has 7 nitrogen and oxygen atoms in total. The third kappa shape index (κ3) is 4.09. The van der Waals surface area contributed by atoms with Crippen LogP contribution in [0.25, 0.3) is 11.3 Å². The van der Waals surface area contributed by atoms with Crippen LogP contribution < -0.4 is 5.32 Å². The highest BCUT2D eigenvalue weighted by atomic mass is 16.5. The number of carboxylic acids is 1. The zero-order valence-corrected chi connectivity index (χ0v) is 15.9. The lowest BCUT2D eigenvalue weighted by atomic mass is 9.98. The maximum absolute atomic E-state index is 12.8. The van der Waals surface area contributed by atoms with Gasteiger partial charge in [0.05, 0.1) is 29.4 Å². The van der Waals surface area contributed by atoms with Crippen molar-refractivity contribution in [3.05, 3.63) is 70.7 Å². The number of carbonyl (C=O) groups is 2. The van der Waals surface area contributed by atoms with Crippen molar-refractivity contribution in [2.24, 2.45) is 0 Å². The molecule has 3 aromatic rings. The summed E-state index contributed by atoms with van der Waals surface area (Å²) >= 11 is 0. The average Bonchev–Trinajstić information content (AvgIpc) is 2.99. The second-order valence-electron chi connectivity index (χ2n) is 6.59. The summed E-state index contributed by atoms with van der Waals surface area (Å²) in [6.45, 7) is 5.47. The number of hydrogen-bond acceptors (Lipinski definition) is 5. The maximum atomic E-state index is 12.8. The lowest BCUT2D eigenvalue weighted by Crippen LogP contribution is -2.31. The molecule has 0 unspecified atom stereocenters. The van der Waals surface area contributed by atoms with Gasteiger partial charge >= 0.3 is 5.97 Å². The Morgan fingerprint density at radius 1 is 1.11 bits per heavy atom. The first-order valence-electron chi connectivity index (χ1n) is 8.85. The summed E-state index contributed by atoms with van der Waals surface area (Å²) in [6.07, 6.45) is -0.222. The minimum absolute atomic E-state index is 0.196. The van der Waals surface area contributed by atoms with Gasteiger partial charge in [-0.05, 0) is 44.0 Å². The molecule has 3 rings (SSSR count). The Labute approximate surface area is 162 Å². The van der Waals surface area contributed by atoms with Crippen LogP contribution in [0.15, 0.2) is 47.0 Å². The van der Waals surface area contributed by atoms with Gasteiger partial charge in [0.2, 0.25) is 0 Å². The fourth-order valence-corrected chi connectivity index (χ4v) is 3.17. The standard InChI is InChI=1S/C21H21N3O4/c1-12-7-4-5-8-15(12)18(11-19(25)26)23-21(27)17-10-6-9-16(22-17)20-13(2)24-28-14(20)3/h4-10,18H,11H2,1-3H3,(H,23,27)(H,25,26)/t18-/m0/s1. The highest BCUT2D eigenvalue weighted by Gasteiger charge is 2.22. The van der Waals surface area contributed by atoms with E-state index < -0.39 is 17.9 Å². The Balaban J connectivity index is 1.89. The fraction of sp³-hybridized carbons (Fsp3) is 0.238. The molecule has 0 aliphatic rings. The molecule has 0 fully saturated rings. The average molecular weight is 379 g/mol. The number of carboxylic acid groups (broad SMARTS) is 1. The number of aromatic nitrogens is 2. The summed E-state index contributed by atoms with van der Waals surface area (Å²) in [7, 11) is 0. The fourth-order valence-electron chi connectivity index (χ4n) is 3.17. The van der Waals surface area contributed by atoms with Crippen molar-refractivity contribution in [3.63, 3.8) is 0 Å². The molecule has 1 atom stereocenters. The highest BCUT2D eigenvalue weighted by Crippen LogP contribution is 2.26. The molecule has 0 radical (unpaired) electrons. The molecule has 7 heteroatoms. The minimum Gasteiger partial charge on any atom is -0.481 e. The molecule has 2 N–H and O–H groups in total. The number of amides is 1. The van der Waals surface area contributed by atoms with Crippen LogP contribution in [0.3, 0.4) is 0 Å². The van der Waals surface area contributed by atoms with Crippen molar-refractivity contribution in [3.8, 4) is 11.3 Å². The molecule has 1 aromatic carbocycles. The number of nitrogens with one attached hydrogen (secondary N) is 1. The first-order chi connectivity index (χ1) is 13.4. The number of pyridine rings is 1. The monoisotopic (exact) mass is 379 g/mol. The van der Waals surface area contributed by atoms with E-state index in [4.69, 9.17) is 4.52 Å². The number of benzene rings is 1. The summed E-state index contributed by atoms with van der Waals surface area (Å²) in [5.41, 5.74) is 3.88. The van der Waals surface area contributed by atoms with Crippen LogP contribution in [0.5, 0.6) is 0 Å². The van der Waals surface area contributed by atoms with Crippen LogP contribution >= 0.6 is 0 Å². The number of rotatable bonds is 6. The van der Waals surface area contributed by atoms with E-state index in [2.05, 4.69) is 15.5 Å². The van der Waals surface area contributed by atoms with Gasteiger partial charge in [0.25, 0.3) is 5.91 Å². The van der Waals surface area contributed by atoms with Crippen LogP contribution in [0, 0.1) is 20.8 Å². The van der Waals surface area contributed by atoms with Crippen molar-refractivity contribution in [2.45, 2.75) is 33.2 Å². The van der Waals surface area contributed by atoms with Crippen molar-refractivity contribution in [2.75, 3.05) is 0 Å². The Hall–Kier alpha value is -3.48. The predicted octanol–water partition coefficient (Wildman–Crippen LogP) is 3.61. The molecule has 2 aromatic heterocycles. The molecular formula is C21H21N3O4. The van der Waals surface area contributed by atoms with Gasteiger partial charge in [0.1, 0.15) is 11.5 Å². The van der Waals surface area contributed by atoms with Gasteiger partial charge in [-0.25, -0.2) is 4.98 Å². The van der Waals surface area contributed by atoms with Crippen molar-refractivity contribution < 1.29 is 19.2 Å². The summed E-state index contributed by atoms with van der Waals surface area (Å²) < 4.78 is 5.17. The zero-order valence-electron chi connectivity index (χ0n) is 15.9. The minimum atomic E-state index is -0.994. The van der Waals surface area contributed by atoms with Crippen LogP contribution in [-0.2, 0) is 4.79 Å². The van der Waals surface area contributed by atoms with Gasteiger partial charge < -0.3 is 14.9 Å². The molecule has 1 amide bonds. The second kappa shape index (κ2) is 8.04. The molecule has 0 aliphatic carbocycles. The van der Waals surface area contributed by atoms with Crippen molar-refractivity contribution in [1.29, 1.82) is 0 Å². The molecule has 144 valence electrons. The van der Waals surface area contributed by atoms with Gasteiger partial charge in [-0.3, -0.25) is 9.59 Å². The molecular weight excluding hydrogens is 358 g/mol. The molecule has 0 saturated carbocycles. The second-order valence-corrected chi connectivity index (χ2v) is 6.59. The smallest absolute Gasteiger partial charge is 0.305 e. The normalized spacial score (nSPS) is 11.8. The molecule has 0 saturated heterocycles. The van der Waals surface area contributed by atoms with E-state index in [1.807, 2.05) is 31.2 Å². The van der Waals surface area contributed by atoms with E-state index in [0.29, 0.717) is 17.1 Å². The number of hydrogen-bond donors (Lipinski definition) is 2. The summed E-state index contributed by atoms with van der Waals surface area (Å²) in [6, 6.07) is 11.8. The van der Waals surface area contributed by atoms with E-state index >= 15 is 0 Å². The lowest BCUT2D eigenvalue weighted by molar-refractivity contribution is -0.137. The largest absolute Gasteiger partial charge is 0.481 e. The van der Waals surface area contributed by atoms with Gasteiger partial charge in [0, 0.05) is 0 Å². The first kappa shape index (κ1) is 19.3. The number of aliphatic carboxylic acids is 1. The number of nitrogens with zero attached hydrogens (tertiary/aromatic N) is 2. The van der Waals surface area contributed by atoms with E-state index in [1.165, 1.54) is 0 Å². The summed E-state index contributed by atoms with van der Waals surface area (Å²) in [4.78, 5) is 28.5. The molecule has 2 heterocycles. The quantitative estimate of drug-likeness (QED) is 0.678. The highest BCUT2D eigenvalue weighted by molar-refractivity contribution is 5.93. The van der Waals surface area contributed by atoms with Gasteiger partial charge in [-0.2, -0.15) is 0 Å². The van der Waals surface area contributed by atoms with Gasteiger partial charge in [-0.15, -0.1) is 0 Å². The first-order valence-corrected chi connectivity index (χ1v) is 8.85. The van der Waals surface area contributed by atoms with Crippen LogP contribution in [-0.4, -0.2) is 27.1 Å². The molecule has 0 aliphatic heterocycles. The summed E-state index contributed by atoms with van der Waals surface area (Å²) in [5.74, 6) is -0.819. The van der Waals surface area contributed by atoms with Crippen LogP contribution in [0.4, 0.5) is 0 Å². The Kier molecular flexibility index (Phi) is 5.54. The molecule has 0 spiro atoms. The van der Waals surface area contributed by atoms with Crippen LogP contribution in [0.2, 0.25) is 0 Å². The van der Waals surface area contributed by atoms with E-state index in [0.717, 1.165) is 16.7 Å². The SMILES string of the molecule is Cc1ccccc1[C@H](CC(=O)O)NC(=O)c1cccc(-c2c(C)noc2C)n1. The summed E-state index contributed by atoms with van der Waals surface area (Å²) in [5, 5.41) is 16.0. The molecule has 28 heavy (non-hydrogen) atoms. The van der Waals surface area contributed by atoms with Gasteiger partial charge in [0.15, 0.2) is 0 Å².